The van der Waals surface area contributed by atoms with Crippen LogP contribution in [0.25, 0.3) is 0 Å². The van der Waals surface area contributed by atoms with Crippen LogP contribution in [0.5, 0.6) is 0 Å². The lowest BCUT2D eigenvalue weighted by Crippen LogP contribution is -1.81. The number of hydrogen-bond acceptors (Lipinski definition) is 0. The first-order valence-corrected chi connectivity index (χ1v) is 5.54. The first-order chi connectivity index (χ1) is 5.25. The predicted molar refractivity (Wildman–Crippen MR) is 53.3 cm³/mol. The topological polar surface area (TPSA) is 0 Å². The molecule has 1 atom stereocenters. The molecule has 0 aliphatic carbocycles. The van der Waals surface area contributed by atoms with E-state index in [1.807, 2.05) is 0 Å². The molecule has 11 heavy (non-hydrogen) atoms. The van der Waals surface area contributed by atoms with Crippen LogP contribution in [0.1, 0.15) is 16.7 Å². The minimum absolute atomic E-state index is 0.372. The summed E-state index contributed by atoms with van der Waals surface area (Å²) < 4.78 is 0. The molecule has 1 aliphatic rings. The SMILES string of the molecule is C=S1Cc2ccc(C)cc2C1. The van der Waals surface area contributed by atoms with Crippen LogP contribution in [0.4, 0.5) is 0 Å². The molecule has 1 aromatic carbocycles. The molecule has 0 N–H and O–H groups in total. The minimum Gasteiger partial charge on any atom is -0.184 e. The molecule has 0 nitrogen and oxygen atoms in total. The van der Waals surface area contributed by atoms with Crippen LogP contribution >= 0.6 is 10.5 Å². The molecular weight excluding hydrogens is 152 g/mol. The molecule has 2 rings (SSSR count). The Morgan fingerprint density at radius 2 is 2.00 bits per heavy atom. The fourth-order valence-electron chi connectivity index (χ4n) is 1.52. The van der Waals surface area contributed by atoms with Crippen LogP contribution in [0.3, 0.4) is 0 Å². The zero-order chi connectivity index (χ0) is 7.84. The van der Waals surface area contributed by atoms with Gasteiger partial charge in [-0.05, 0) is 18.1 Å². The maximum absolute atomic E-state index is 4.11. The van der Waals surface area contributed by atoms with Gasteiger partial charge in [0.25, 0.3) is 0 Å². The van der Waals surface area contributed by atoms with E-state index in [2.05, 4.69) is 31.0 Å². The Bertz CT molecular complexity index is 313. The Labute approximate surface area is 70.2 Å². The molecule has 0 saturated heterocycles. The van der Waals surface area contributed by atoms with Gasteiger partial charge in [0.2, 0.25) is 0 Å². The van der Waals surface area contributed by atoms with Gasteiger partial charge in [-0.15, -0.1) is 0 Å². The molecule has 1 aliphatic heterocycles. The highest BCUT2D eigenvalue weighted by Crippen LogP contribution is 2.34. The fourth-order valence-corrected chi connectivity index (χ4v) is 3.05. The van der Waals surface area contributed by atoms with E-state index in [1.54, 1.807) is 0 Å². The van der Waals surface area contributed by atoms with Crippen molar-refractivity contribution in [2.24, 2.45) is 0 Å². The lowest BCUT2D eigenvalue weighted by molar-refractivity contribution is 1.31. The van der Waals surface area contributed by atoms with E-state index in [9.17, 15) is 0 Å². The van der Waals surface area contributed by atoms with Crippen molar-refractivity contribution in [3.8, 4) is 0 Å². The second kappa shape index (κ2) is 2.49. The molecule has 0 radical (unpaired) electrons. The molecule has 1 heteroatoms. The maximum Gasteiger partial charge on any atom is 0.0135 e. The van der Waals surface area contributed by atoms with Crippen molar-refractivity contribution in [2.75, 3.05) is 0 Å². The van der Waals surface area contributed by atoms with Crippen LogP contribution in [-0.2, 0) is 11.5 Å². The molecule has 1 unspecified atom stereocenters. The quantitative estimate of drug-likeness (QED) is 0.517. The van der Waals surface area contributed by atoms with Crippen LogP contribution in [-0.4, -0.2) is 5.87 Å². The molecule has 0 aromatic heterocycles. The van der Waals surface area contributed by atoms with E-state index in [-0.39, 0.29) is 0 Å². The number of rotatable bonds is 0. The maximum atomic E-state index is 4.11. The molecular formula is C10H12S. The lowest BCUT2D eigenvalue weighted by atomic mass is 10.1. The van der Waals surface area contributed by atoms with Crippen molar-refractivity contribution in [3.05, 3.63) is 34.9 Å². The summed E-state index contributed by atoms with van der Waals surface area (Å²) in [7, 11) is 0.372. The Morgan fingerprint density at radius 3 is 2.82 bits per heavy atom. The van der Waals surface area contributed by atoms with E-state index >= 15 is 0 Å². The van der Waals surface area contributed by atoms with Crippen molar-refractivity contribution in [1.29, 1.82) is 0 Å². The van der Waals surface area contributed by atoms with E-state index in [0.29, 0.717) is 10.5 Å². The fraction of sp³-hybridized carbons (Fsp3) is 0.300. The number of fused-ring (bicyclic) bond motifs is 1. The zero-order valence-electron chi connectivity index (χ0n) is 6.76. The molecule has 58 valence electrons. The van der Waals surface area contributed by atoms with Gasteiger partial charge in [0.15, 0.2) is 0 Å². The van der Waals surface area contributed by atoms with Gasteiger partial charge in [-0.3, -0.25) is 0 Å². The standard InChI is InChI=1S/C10H12S/c1-8-3-4-9-6-11(2)7-10(9)5-8/h3-5H,2,6-7H2,1H3. The number of aryl methyl sites for hydroxylation is 1. The highest BCUT2D eigenvalue weighted by molar-refractivity contribution is 8.12. The summed E-state index contributed by atoms with van der Waals surface area (Å²) in [6.45, 7) is 2.15. The summed E-state index contributed by atoms with van der Waals surface area (Å²) in [5, 5.41) is 0. The summed E-state index contributed by atoms with van der Waals surface area (Å²) >= 11 is 0. The van der Waals surface area contributed by atoms with Gasteiger partial charge in [-0.2, -0.15) is 10.5 Å². The van der Waals surface area contributed by atoms with Crippen molar-refractivity contribution in [3.63, 3.8) is 0 Å². The first kappa shape index (κ1) is 7.11. The van der Waals surface area contributed by atoms with Gasteiger partial charge in [0, 0.05) is 11.5 Å². The summed E-state index contributed by atoms with van der Waals surface area (Å²) in [4.78, 5) is 0. The third-order valence-electron chi connectivity index (χ3n) is 2.08. The van der Waals surface area contributed by atoms with E-state index in [0.717, 1.165) is 0 Å². The van der Waals surface area contributed by atoms with Crippen LogP contribution < -0.4 is 0 Å². The Hall–Kier alpha value is -0.560. The molecule has 0 spiro atoms. The highest BCUT2D eigenvalue weighted by Gasteiger charge is 2.11. The smallest absolute Gasteiger partial charge is 0.0135 e. The van der Waals surface area contributed by atoms with Crippen LogP contribution in [0, 0.1) is 6.92 Å². The molecule has 0 fully saturated rings. The second-order valence-electron chi connectivity index (χ2n) is 3.17. The van der Waals surface area contributed by atoms with E-state index in [1.165, 1.54) is 28.2 Å². The molecule has 1 aromatic rings. The van der Waals surface area contributed by atoms with Gasteiger partial charge in [0.05, 0.1) is 0 Å². The Balaban J connectivity index is 2.51. The lowest BCUT2D eigenvalue weighted by Gasteiger charge is -1.97. The number of benzene rings is 1. The minimum atomic E-state index is 0.372. The van der Waals surface area contributed by atoms with Crippen molar-refractivity contribution in [2.45, 2.75) is 18.4 Å². The highest BCUT2D eigenvalue weighted by atomic mass is 32.2. The normalized spacial score (nSPS) is 21.7. The molecule has 0 bridgehead atoms. The van der Waals surface area contributed by atoms with Crippen LogP contribution in [0.2, 0.25) is 0 Å². The summed E-state index contributed by atoms with van der Waals surface area (Å²) in [5.41, 5.74) is 4.43. The molecule has 0 amide bonds. The zero-order valence-corrected chi connectivity index (χ0v) is 7.58. The van der Waals surface area contributed by atoms with Crippen LogP contribution in [0.15, 0.2) is 18.2 Å². The molecule has 1 heterocycles. The predicted octanol–water partition coefficient (Wildman–Crippen LogP) is 2.71. The molecule has 0 saturated carbocycles. The third-order valence-corrected chi connectivity index (χ3v) is 3.52. The third kappa shape index (κ3) is 1.25. The summed E-state index contributed by atoms with van der Waals surface area (Å²) in [6, 6.07) is 6.75. The number of hydrogen-bond donors (Lipinski definition) is 0. The van der Waals surface area contributed by atoms with Gasteiger partial charge in [-0.25, -0.2) is 0 Å². The average Bonchev–Trinajstić information content (AvgIpc) is 2.27. The van der Waals surface area contributed by atoms with Gasteiger partial charge < -0.3 is 0 Å². The van der Waals surface area contributed by atoms with Crippen molar-refractivity contribution < 1.29 is 0 Å². The Morgan fingerprint density at radius 1 is 1.27 bits per heavy atom. The van der Waals surface area contributed by atoms with Gasteiger partial charge in [0.1, 0.15) is 0 Å². The van der Waals surface area contributed by atoms with E-state index < -0.39 is 0 Å². The largest absolute Gasteiger partial charge is 0.184 e. The van der Waals surface area contributed by atoms with Gasteiger partial charge in [-0.1, -0.05) is 29.6 Å². The second-order valence-corrected chi connectivity index (χ2v) is 4.98. The van der Waals surface area contributed by atoms with Crippen molar-refractivity contribution in [1.82, 2.24) is 0 Å². The summed E-state index contributed by atoms with van der Waals surface area (Å²) in [5.74, 6) is 6.52. The van der Waals surface area contributed by atoms with Crippen molar-refractivity contribution >= 4 is 16.4 Å². The van der Waals surface area contributed by atoms with E-state index in [4.69, 9.17) is 0 Å². The average molecular weight is 164 g/mol. The summed E-state index contributed by atoms with van der Waals surface area (Å²) in [6.07, 6.45) is 0. The monoisotopic (exact) mass is 164 g/mol. The first-order valence-electron chi connectivity index (χ1n) is 3.81. The van der Waals surface area contributed by atoms with Gasteiger partial charge >= 0.3 is 0 Å². The Kier molecular flexibility index (Phi) is 1.61.